The highest BCUT2D eigenvalue weighted by Crippen LogP contribution is 2.38. The smallest absolute Gasteiger partial charge is 0.0907 e. The molecule has 0 unspecified atom stereocenters. The Labute approximate surface area is 301 Å². The van der Waals surface area contributed by atoms with Crippen LogP contribution in [-0.4, -0.2) is 36.3 Å². The van der Waals surface area contributed by atoms with Crippen molar-refractivity contribution in [3.63, 3.8) is 0 Å². The Hall–Kier alpha value is -5.30. The molecule has 2 aliphatic rings. The molecule has 0 spiro atoms. The van der Waals surface area contributed by atoms with Gasteiger partial charge in [0, 0.05) is 23.8 Å². The topological polar surface area (TPSA) is 104 Å². The maximum atomic E-state index is 5.27. The van der Waals surface area contributed by atoms with Gasteiger partial charge in [0.25, 0.3) is 0 Å². The predicted octanol–water partition coefficient (Wildman–Crippen LogP) is 11.1. The van der Waals surface area contributed by atoms with Crippen molar-refractivity contribution >= 4 is 23.6 Å². The average molecular weight is 678 g/mol. The lowest BCUT2D eigenvalue weighted by Gasteiger charge is -2.02. The number of aliphatic imine (C=N–C) groups is 2. The summed E-state index contributed by atoms with van der Waals surface area (Å²) in [4.78, 5) is 28.6. The number of rotatable bonds is 6. The second-order valence-electron chi connectivity index (χ2n) is 14.9. The first-order valence-corrected chi connectivity index (χ1v) is 18.0. The number of H-pyrrole nitrogens is 5. The van der Waals surface area contributed by atoms with E-state index in [2.05, 4.69) is 146 Å². The van der Waals surface area contributed by atoms with E-state index in [1.165, 1.54) is 77.9 Å². The van der Waals surface area contributed by atoms with Crippen molar-refractivity contribution in [1.29, 1.82) is 0 Å². The van der Waals surface area contributed by atoms with Gasteiger partial charge in [0.05, 0.1) is 57.0 Å². The van der Waals surface area contributed by atoms with Crippen molar-refractivity contribution in [2.75, 3.05) is 0 Å². The molecule has 51 heavy (non-hydrogen) atoms. The summed E-state index contributed by atoms with van der Waals surface area (Å²) in [6, 6.07) is 0. The predicted molar refractivity (Wildman–Crippen MR) is 215 cm³/mol. The fraction of sp³-hybridized carbons (Fsp3) is 0.318. The largest absolute Gasteiger partial charge is 0.359 e. The summed E-state index contributed by atoms with van der Waals surface area (Å²) < 4.78 is 0. The van der Waals surface area contributed by atoms with E-state index in [1.807, 2.05) is 0 Å². The minimum atomic E-state index is 0.992. The molecule has 262 valence electrons. The summed E-state index contributed by atoms with van der Waals surface area (Å²) in [7, 11) is 0. The molecule has 0 aliphatic carbocycles. The maximum Gasteiger partial charge on any atom is 0.0907 e. The van der Waals surface area contributed by atoms with Crippen molar-refractivity contribution in [3.8, 4) is 22.8 Å². The molecule has 0 fully saturated rings. The number of allylic oxidation sites excluding steroid dienone is 4. The van der Waals surface area contributed by atoms with Crippen molar-refractivity contribution < 1.29 is 0 Å². The second-order valence-corrected chi connectivity index (χ2v) is 14.9. The minimum Gasteiger partial charge on any atom is -0.359 e. The minimum absolute atomic E-state index is 0.992. The molecule has 0 saturated heterocycles. The number of hydrogen-bond acceptors (Lipinski definition) is 2. The lowest BCUT2D eigenvalue weighted by molar-refractivity contribution is 1.26. The molecule has 5 aromatic heterocycles. The molecule has 0 radical (unpaired) electrons. The highest BCUT2D eigenvalue weighted by atomic mass is 14.9. The Morgan fingerprint density at radius 1 is 0.373 bits per heavy atom. The highest BCUT2D eigenvalue weighted by Gasteiger charge is 2.27. The van der Waals surface area contributed by atoms with Gasteiger partial charge in [-0.05, 0) is 187 Å². The Balaban J connectivity index is 1.25. The number of nitrogens with zero attached hydrogens (tertiary/aromatic N) is 2. The van der Waals surface area contributed by atoms with Crippen LogP contribution in [0, 0.1) is 69.2 Å². The summed E-state index contributed by atoms with van der Waals surface area (Å²) in [5, 5.41) is 0. The Kier molecular flexibility index (Phi) is 8.16. The molecule has 0 atom stereocenters. The number of aryl methyl sites for hydroxylation is 2. The highest BCUT2D eigenvalue weighted by molar-refractivity contribution is 6.17. The van der Waals surface area contributed by atoms with Crippen LogP contribution in [0.1, 0.15) is 106 Å². The summed E-state index contributed by atoms with van der Waals surface area (Å²) in [6.45, 7) is 30.5. The standard InChI is InChI=1S/C44H51N7/c1-19-17-45-37(21(19)3)39-27(9)23(5)33(47-39)15-35-25(7)29(11)41(49-35)43-31(13)32(14)44(51-43)42-30(12)26(8)36(50-42)16-34-24(6)28(10)40(48-34)38-22(4)20(2)18-46-38/h15-18,45-47,50-51H,1-14H3/b34-16+,35-15+. The molecule has 5 aromatic rings. The van der Waals surface area contributed by atoms with Crippen molar-refractivity contribution in [3.05, 3.63) is 124 Å². The van der Waals surface area contributed by atoms with Gasteiger partial charge in [-0.2, -0.15) is 0 Å². The van der Waals surface area contributed by atoms with E-state index in [-0.39, 0.29) is 0 Å². The van der Waals surface area contributed by atoms with Gasteiger partial charge in [0.2, 0.25) is 0 Å². The number of aromatic nitrogens is 5. The van der Waals surface area contributed by atoms with Crippen molar-refractivity contribution in [2.45, 2.75) is 96.9 Å². The molecule has 7 heteroatoms. The quantitative estimate of drug-likeness (QED) is 0.118. The van der Waals surface area contributed by atoms with E-state index in [1.54, 1.807) is 0 Å². The van der Waals surface area contributed by atoms with Crippen LogP contribution in [0.5, 0.6) is 0 Å². The van der Waals surface area contributed by atoms with Crippen LogP contribution in [0.25, 0.3) is 34.9 Å². The first-order chi connectivity index (χ1) is 24.1. The van der Waals surface area contributed by atoms with Crippen molar-refractivity contribution in [2.24, 2.45) is 9.98 Å². The van der Waals surface area contributed by atoms with E-state index in [9.17, 15) is 0 Å². The van der Waals surface area contributed by atoms with Crippen LogP contribution in [0.3, 0.4) is 0 Å². The lowest BCUT2D eigenvalue weighted by Crippen LogP contribution is -2.02. The zero-order chi connectivity index (χ0) is 36.8. The molecule has 0 saturated carbocycles. The average Bonchev–Trinajstić information content (AvgIpc) is 3.94. The van der Waals surface area contributed by atoms with Crippen LogP contribution in [0.4, 0.5) is 0 Å². The molecule has 7 heterocycles. The van der Waals surface area contributed by atoms with Gasteiger partial charge < -0.3 is 24.9 Å². The molecule has 0 amide bonds. The van der Waals surface area contributed by atoms with Gasteiger partial charge in [-0.3, -0.25) is 0 Å². The van der Waals surface area contributed by atoms with Crippen LogP contribution >= 0.6 is 0 Å². The third kappa shape index (κ3) is 5.24. The molecule has 2 aliphatic heterocycles. The van der Waals surface area contributed by atoms with Crippen LogP contribution < -0.4 is 0 Å². The van der Waals surface area contributed by atoms with Crippen molar-refractivity contribution in [1.82, 2.24) is 24.9 Å². The Morgan fingerprint density at radius 2 is 0.745 bits per heavy atom. The molecule has 5 N–H and O–H groups in total. The van der Waals surface area contributed by atoms with Gasteiger partial charge in [0.1, 0.15) is 0 Å². The molecular weight excluding hydrogens is 627 g/mol. The molecule has 7 nitrogen and oxygen atoms in total. The fourth-order valence-corrected chi connectivity index (χ4v) is 7.44. The maximum absolute atomic E-state index is 5.27. The van der Waals surface area contributed by atoms with Gasteiger partial charge >= 0.3 is 0 Å². The molecular formula is C44H51N7. The monoisotopic (exact) mass is 677 g/mol. The SMILES string of the molecule is CC1=C(C)/C(=C\c2[nH]c(-c3[nH]c(C4=N/C(=C/c5[nH]c(-c6[nH]cc(C)c6C)c(C)c5C)C(C)=C4C)c(C)c3C)c(C)c2C)N=C1c1[nH]cc(C)c1C. The van der Waals surface area contributed by atoms with E-state index >= 15 is 0 Å². The lowest BCUT2D eigenvalue weighted by atomic mass is 10.0. The van der Waals surface area contributed by atoms with Crippen LogP contribution in [0.15, 0.2) is 56.1 Å². The summed E-state index contributed by atoms with van der Waals surface area (Å²) in [5.41, 5.74) is 30.1. The number of hydrogen-bond donors (Lipinski definition) is 5. The summed E-state index contributed by atoms with van der Waals surface area (Å²) >= 11 is 0. The van der Waals surface area contributed by atoms with Crippen LogP contribution in [0.2, 0.25) is 0 Å². The third-order valence-corrected chi connectivity index (χ3v) is 12.2. The molecule has 0 bridgehead atoms. The van der Waals surface area contributed by atoms with E-state index in [0.29, 0.717) is 0 Å². The molecule has 7 rings (SSSR count). The first kappa shape index (κ1) is 34.2. The van der Waals surface area contributed by atoms with Gasteiger partial charge in [-0.1, -0.05) is 0 Å². The van der Waals surface area contributed by atoms with E-state index < -0.39 is 0 Å². The first-order valence-electron chi connectivity index (χ1n) is 18.0. The van der Waals surface area contributed by atoms with Gasteiger partial charge in [0.15, 0.2) is 0 Å². The zero-order valence-corrected chi connectivity index (χ0v) is 32.7. The Morgan fingerprint density at radius 3 is 1.20 bits per heavy atom. The van der Waals surface area contributed by atoms with Crippen LogP contribution in [-0.2, 0) is 0 Å². The molecule has 0 aromatic carbocycles. The normalized spacial score (nSPS) is 16.6. The van der Waals surface area contributed by atoms with Gasteiger partial charge in [-0.15, -0.1) is 0 Å². The zero-order valence-electron chi connectivity index (χ0n) is 32.7. The summed E-state index contributed by atoms with van der Waals surface area (Å²) in [5.74, 6) is 0. The van der Waals surface area contributed by atoms with Gasteiger partial charge in [-0.25, -0.2) is 9.98 Å². The Bertz CT molecular complexity index is 2490. The third-order valence-electron chi connectivity index (χ3n) is 12.2. The van der Waals surface area contributed by atoms with E-state index in [0.717, 1.165) is 68.4 Å². The number of aromatic amines is 5. The summed E-state index contributed by atoms with van der Waals surface area (Å²) in [6.07, 6.45) is 8.56. The van der Waals surface area contributed by atoms with E-state index in [4.69, 9.17) is 9.98 Å². The number of nitrogens with one attached hydrogen (secondary N) is 5. The second kappa shape index (κ2) is 12.2. The fourth-order valence-electron chi connectivity index (χ4n) is 7.44.